The molecule has 1 amide bonds. The van der Waals surface area contributed by atoms with Crippen LogP contribution < -0.4 is 11.1 Å². The molecule has 0 aliphatic rings. The number of aryl methyl sites for hydroxylation is 1. The first-order valence-electron chi connectivity index (χ1n) is 9.18. The van der Waals surface area contributed by atoms with Crippen LogP contribution in [0.1, 0.15) is 23.1 Å². The van der Waals surface area contributed by atoms with E-state index >= 15 is 0 Å². The number of nitrogens with zero attached hydrogens (tertiary/aromatic N) is 2. The Hall–Kier alpha value is -4.07. The molecule has 5 N–H and O–H groups in total. The summed E-state index contributed by atoms with van der Waals surface area (Å²) in [7, 11) is 1.67. The van der Waals surface area contributed by atoms with Crippen molar-refractivity contribution in [2.45, 2.75) is 12.8 Å². The lowest BCUT2D eigenvalue weighted by molar-refractivity contribution is -0.111. The monoisotopic (exact) mass is 404 g/mol. The van der Waals surface area contributed by atoms with Crippen LogP contribution >= 0.6 is 0 Å². The van der Waals surface area contributed by atoms with Gasteiger partial charge >= 0.3 is 0 Å². The SMILES string of the molecule is CN=C(C=CN)c1ccncc1/C=C/C(=O)Nc1ccc(CCC(=N)OC=N)cc1. The quantitative estimate of drug-likeness (QED) is 0.290. The van der Waals surface area contributed by atoms with Crippen LogP contribution in [0.4, 0.5) is 5.69 Å². The summed E-state index contributed by atoms with van der Waals surface area (Å²) in [5.41, 5.74) is 9.39. The Morgan fingerprint density at radius 1 is 1.27 bits per heavy atom. The van der Waals surface area contributed by atoms with Crippen LogP contribution in [-0.2, 0) is 16.0 Å². The van der Waals surface area contributed by atoms with Gasteiger partial charge in [0.05, 0.1) is 5.71 Å². The molecule has 0 radical (unpaired) electrons. The van der Waals surface area contributed by atoms with Gasteiger partial charge in [-0.2, -0.15) is 0 Å². The fraction of sp³-hybridized carbons (Fsp3) is 0.136. The van der Waals surface area contributed by atoms with Crippen molar-refractivity contribution < 1.29 is 9.53 Å². The number of benzene rings is 1. The van der Waals surface area contributed by atoms with E-state index in [2.05, 4.69) is 20.0 Å². The molecule has 1 heterocycles. The summed E-state index contributed by atoms with van der Waals surface area (Å²) in [6.45, 7) is 0. The molecule has 0 aliphatic heterocycles. The van der Waals surface area contributed by atoms with E-state index in [9.17, 15) is 4.79 Å². The van der Waals surface area contributed by atoms with Gasteiger partial charge < -0.3 is 15.8 Å². The fourth-order valence-corrected chi connectivity index (χ4v) is 2.64. The lowest BCUT2D eigenvalue weighted by Crippen LogP contribution is -2.08. The number of amides is 1. The number of nitrogens with two attached hydrogens (primary N) is 1. The van der Waals surface area contributed by atoms with Crippen LogP contribution in [0.2, 0.25) is 0 Å². The molecule has 0 saturated heterocycles. The number of ether oxygens (including phenoxy) is 1. The molecule has 8 heteroatoms. The molecule has 1 aromatic heterocycles. The van der Waals surface area contributed by atoms with E-state index in [1.165, 1.54) is 12.3 Å². The molecule has 0 unspecified atom stereocenters. The summed E-state index contributed by atoms with van der Waals surface area (Å²) >= 11 is 0. The zero-order valence-corrected chi connectivity index (χ0v) is 16.6. The highest BCUT2D eigenvalue weighted by Crippen LogP contribution is 2.14. The molecule has 2 rings (SSSR count). The lowest BCUT2D eigenvalue weighted by Gasteiger charge is -2.06. The van der Waals surface area contributed by atoms with Gasteiger partial charge in [0.15, 0.2) is 12.3 Å². The summed E-state index contributed by atoms with van der Waals surface area (Å²) in [6, 6.07) is 9.15. The largest absolute Gasteiger partial charge is 0.433 e. The minimum atomic E-state index is -0.275. The molecule has 0 bridgehead atoms. The summed E-state index contributed by atoms with van der Waals surface area (Å²) < 4.78 is 4.69. The second-order valence-corrected chi connectivity index (χ2v) is 6.11. The van der Waals surface area contributed by atoms with Crippen molar-refractivity contribution in [2.75, 3.05) is 12.4 Å². The summed E-state index contributed by atoms with van der Waals surface area (Å²) in [5.74, 6) is -0.233. The molecule has 154 valence electrons. The van der Waals surface area contributed by atoms with Crippen molar-refractivity contribution in [1.82, 2.24) is 4.98 Å². The maximum Gasteiger partial charge on any atom is 0.248 e. The van der Waals surface area contributed by atoms with Crippen molar-refractivity contribution in [3.63, 3.8) is 0 Å². The third-order valence-electron chi connectivity index (χ3n) is 4.10. The third kappa shape index (κ3) is 6.83. The van der Waals surface area contributed by atoms with Gasteiger partial charge in [0, 0.05) is 48.8 Å². The molecule has 1 aromatic carbocycles. The summed E-state index contributed by atoms with van der Waals surface area (Å²) in [6.07, 6.45) is 11.3. The van der Waals surface area contributed by atoms with E-state index in [4.69, 9.17) is 16.6 Å². The lowest BCUT2D eigenvalue weighted by atomic mass is 10.0. The molecule has 2 aromatic rings. The van der Waals surface area contributed by atoms with E-state index in [0.717, 1.165) is 23.1 Å². The first-order chi connectivity index (χ1) is 14.6. The highest BCUT2D eigenvalue weighted by molar-refractivity contribution is 6.11. The zero-order valence-electron chi connectivity index (χ0n) is 16.6. The number of anilines is 1. The third-order valence-corrected chi connectivity index (χ3v) is 4.10. The van der Waals surface area contributed by atoms with Crippen molar-refractivity contribution in [1.29, 1.82) is 10.8 Å². The zero-order chi connectivity index (χ0) is 21.8. The average Bonchev–Trinajstić information content (AvgIpc) is 2.76. The fourth-order valence-electron chi connectivity index (χ4n) is 2.64. The molecule has 0 atom stereocenters. The Balaban J connectivity index is 2.00. The average molecular weight is 404 g/mol. The van der Waals surface area contributed by atoms with Crippen LogP contribution in [0.5, 0.6) is 0 Å². The molecule has 8 nitrogen and oxygen atoms in total. The number of carbonyl (C=O) groups is 1. The predicted octanol–water partition coefficient (Wildman–Crippen LogP) is 3.16. The smallest absolute Gasteiger partial charge is 0.248 e. The Morgan fingerprint density at radius 2 is 2.03 bits per heavy atom. The van der Waals surface area contributed by atoms with E-state index in [-0.39, 0.29) is 11.8 Å². The predicted molar refractivity (Wildman–Crippen MR) is 120 cm³/mol. The van der Waals surface area contributed by atoms with E-state index in [1.54, 1.807) is 43.7 Å². The molecule has 0 saturated carbocycles. The number of aromatic nitrogens is 1. The first-order valence-corrected chi connectivity index (χ1v) is 9.18. The van der Waals surface area contributed by atoms with Crippen molar-refractivity contribution in [2.24, 2.45) is 10.7 Å². The number of nitrogens with one attached hydrogen (secondary N) is 3. The molecule has 30 heavy (non-hydrogen) atoms. The van der Waals surface area contributed by atoms with Gasteiger partial charge in [0.1, 0.15) is 0 Å². The van der Waals surface area contributed by atoms with Crippen molar-refractivity contribution in [3.05, 3.63) is 77.8 Å². The highest BCUT2D eigenvalue weighted by Gasteiger charge is 2.06. The van der Waals surface area contributed by atoms with Crippen LogP contribution in [0.15, 0.2) is 66.1 Å². The highest BCUT2D eigenvalue weighted by atomic mass is 16.5. The standard InChI is InChI=1S/C22H24N6O2/c1-26-20(10-12-23)19-11-13-27-14-17(19)5-9-22(29)28-18-6-2-16(3-7-18)4-8-21(25)30-15-24/h2-3,5-7,9-15,24-25H,4,8,23H2,1H3,(H,28,29)/b9-5+,12-10?,24-15?,25-21?,26-20?. The van der Waals surface area contributed by atoms with Gasteiger partial charge in [0.2, 0.25) is 5.91 Å². The Labute approximate surface area is 175 Å². The molecular weight excluding hydrogens is 380 g/mol. The topological polar surface area (TPSA) is 137 Å². The Kier molecular flexibility index (Phi) is 8.67. The first kappa shape index (κ1) is 22.2. The Bertz CT molecular complexity index is 977. The van der Waals surface area contributed by atoms with Gasteiger partial charge in [-0.15, -0.1) is 0 Å². The van der Waals surface area contributed by atoms with Crippen molar-refractivity contribution >= 4 is 35.7 Å². The number of pyridine rings is 1. The minimum Gasteiger partial charge on any atom is -0.433 e. The van der Waals surface area contributed by atoms with Gasteiger partial charge in [-0.3, -0.25) is 25.6 Å². The summed E-state index contributed by atoms with van der Waals surface area (Å²) in [4.78, 5) is 20.6. The van der Waals surface area contributed by atoms with Gasteiger partial charge in [-0.25, -0.2) is 0 Å². The Morgan fingerprint density at radius 3 is 2.70 bits per heavy atom. The van der Waals surface area contributed by atoms with Gasteiger partial charge in [0.25, 0.3) is 0 Å². The van der Waals surface area contributed by atoms with Crippen LogP contribution in [0.25, 0.3) is 6.08 Å². The number of hydrogen-bond donors (Lipinski definition) is 4. The molecule has 0 fully saturated rings. The number of rotatable bonds is 9. The van der Waals surface area contributed by atoms with E-state index < -0.39 is 0 Å². The van der Waals surface area contributed by atoms with Crippen molar-refractivity contribution in [3.8, 4) is 0 Å². The normalized spacial score (nSPS) is 11.6. The van der Waals surface area contributed by atoms with Crippen LogP contribution in [0, 0.1) is 10.8 Å². The molecule has 0 spiro atoms. The van der Waals surface area contributed by atoms with Crippen LogP contribution in [0.3, 0.4) is 0 Å². The van der Waals surface area contributed by atoms with E-state index in [0.29, 0.717) is 24.2 Å². The molecule has 0 aliphatic carbocycles. The van der Waals surface area contributed by atoms with Gasteiger partial charge in [-0.1, -0.05) is 12.1 Å². The number of allylic oxidation sites excluding steroid dienone is 1. The van der Waals surface area contributed by atoms with Crippen LogP contribution in [-0.4, -0.2) is 35.9 Å². The van der Waals surface area contributed by atoms with Gasteiger partial charge in [-0.05, 0) is 48.5 Å². The van der Waals surface area contributed by atoms with E-state index in [1.807, 2.05) is 18.2 Å². The number of hydrogen-bond acceptors (Lipinski definition) is 7. The number of aliphatic imine (C=N–C) groups is 1. The maximum absolute atomic E-state index is 12.3. The second kappa shape index (κ2) is 11.7. The summed E-state index contributed by atoms with van der Waals surface area (Å²) in [5, 5.41) is 17.1. The number of carbonyl (C=O) groups excluding carboxylic acids is 1. The second-order valence-electron chi connectivity index (χ2n) is 6.11. The maximum atomic E-state index is 12.3. The molecular formula is C22H24N6O2. The minimum absolute atomic E-state index is 0.0421.